The highest BCUT2D eigenvalue weighted by Gasteiger charge is 2.20. The Bertz CT molecular complexity index is 954. The fraction of sp³-hybridized carbons (Fsp3) is 0.300. The molecule has 142 valence electrons. The van der Waals surface area contributed by atoms with Crippen LogP contribution in [0.25, 0.3) is 11.0 Å². The van der Waals surface area contributed by atoms with Crippen LogP contribution in [0.1, 0.15) is 35.6 Å². The number of benzene rings is 2. The number of nitrogens with two attached hydrogens (primary N) is 1. The molecule has 0 saturated carbocycles. The molecule has 2 aromatic carbocycles. The monoisotopic (exact) mass is 370 g/mol. The number of imidazole rings is 1. The lowest BCUT2D eigenvalue weighted by Gasteiger charge is -2.16. The Morgan fingerprint density at radius 3 is 2.85 bits per heavy atom. The molecule has 0 aliphatic rings. The van der Waals surface area contributed by atoms with E-state index >= 15 is 0 Å². The van der Waals surface area contributed by atoms with E-state index in [-0.39, 0.29) is 11.6 Å². The zero-order chi connectivity index (χ0) is 19.4. The van der Waals surface area contributed by atoms with Gasteiger partial charge in [0.05, 0.1) is 29.2 Å². The summed E-state index contributed by atoms with van der Waals surface area (Å²) in [6.45, 7) is 2.68. The predicted octanol–water partition coefficient (Wildman–Crippen LogP) is 2.93. The van der Waals surface area contributed by atoms with E-state index in [1.807, 2.05) is 42.8 Å². The van der Waals surface area contributed by atoms with Gasteiger partial charge in [0.25, 0.3) is 5.91 Å². The minimum atomic E-state index is -0.498. The van der Waals surface area contributed by atoms with Crippen LogP contribution in [0.15, 0.2) is 42.5 Å². The van der Waals surface area contributed by atoms with Crippen LogP contribution in [-0.4, -0.2) is 28.6 Å². The fourth-order valence-electron chi connectivity index (χ4n) is 2.96. The molecule has 1 amide bonds. The minimum Gasteiger partial charge on any atom is -0.493 e. The average molecular weight is 370 g/mol. The second kappa shape index (κ2) is 8.18. The van der Waals surface area contributed by atoms with E-state index in [0.29, 0.717) is 31.1 Å². The van der Waals surface area contributed by atoms with Crippen molar-refractivity contribution in [1.82, 2.24) is 14.9 Å². The maximum Gasteiger partial charge on any atom is 0.255 e. The Morgan fingerprint density at radius 1 is 1.33 bits per heavy atom. The summed E-state index contributed by atoms with van der Waals surface area (Å²) in [5, 5.41) is 2.88. The summed E-state index contributed by atoms with van der Waals surface area (Å²) in [5.74, 6) is 0.129. The van der Waals surface area contributed by atoms with E-state index in [0.717, 1.165) is 11.0 Å². The van der Waals surface area contributed by atoms with Gasteiger partial charge < -0.3 is 20.4 Å². The summed E-state index contributed by atoms with van der Waals surface area (Å²) in [7, 11) is 1.90. The Hall–Kier alpha value is -2.93. The number of carbonyl (C=O) groups is 1. The molecule has 0 aliphatic carbocycles. The van der Waals surface area contributed by atoms with Gasteiger partial charge in [-0.1, -0.05) is 12.1 Å². The van der Waals surface area contributed by atoms with E-state index in [9.17, 15) is 9.18 Å². The normalized spacial score (nSPS) is 12.1. The number of amides is 1. The van der Waals surface area contributed by atoms with E-state index < -0.39 is 11.7 Å². The Labute approximate surface area is 157 Å². The van der Waals surface area contributed by atoms with Crippen molar-refractivity contribution in [2.24, 2.45) is 12.8 Å². The van der Waals surface area contributed by atoms with Gasteiger partial charge in [0.1, 0.15) is 17.4 Å². The van der Waals surface area contributed by atoms with E-state index in [4.69, 9.17) is 10.5 Å². The molecular weight excluding hydrogens is 347 g/mol. The molecule has 0 bridgehead atoms. The molecule has 3 aromatic rings. The van der Waals surface area contributed by atoms with Crippen molar-refractivity contribution in [2.75, 3.05) is 13.2 Å². The third-order valence-electron chi connectivity index (χ3n) is 4.35. The number of rotatable bonds is 7. The van der Waals surface area contributed by atoms with Crippen LogP contribution in [0.4, 0.5) is 4.39 Å². The summed E-state index contributed by atoms with van der Waals surface area (Å²) in [6.07, 6.45) is 0.648. The highest BCUT2D eigenvalue weighted by atomic mass is 19.1. The molecule has 6 nitrogen and oxygen atoms in total. The van der Waals surface area contributed by atoms with Crippen molar-refractivity contribution in [3.63, 3.8) is 0 Å². The van der Waals surface area contributed by atoms with Gasteiger partial charge in [0, 0.05) is 7.05 Å². The zero-order valence-electron chi connectivity index (χ0n) is 15.4. The second-order valence-corrected chi connectivity index (χ2v) is 6.34. The summed E-state index contributed by atoms with van der Waals surface area (Å²) in [4.78, 5) is 17.3. The number of carbonyl (C=O) groups excluding carboxylic acids is 1. The number of para-hydroxylation sites is 2. The van der Waals surface area contributed by atoms with Gasteiger partial charge in [0.2, 0.25) is 0 Å². The highest BCUT2D eigenvalue weighted by Crippen LogP contribution is 2.23. The van der Waals surface area contributed by atoms with Crippen LogP contribution in [0.5, 0.6) is 5.75 Å². The molecule has 0 radical (unpaired) electrons. The van der Waals surface area contributed by atoms with E-state index in [1.165, 1.54) is 18.2 Å². The first-order valence-corrected chi connectivity index (χ1v) is 8.86. The van der Waals surface area contributed by atoms with Crippen LogP contribution < -0.4 is 15.8 Å². The number of fused-ring (bicyclic) bond motifs is 1. The molecule has 1 aromatic heterocycles. The first-order valence-electron chi connectivity index (χ1n) is 8.86. The predicted molar refractivity (Wildman–Crippen MR) is 102 cm³/mol. The van der Waals surface area contributed by atoms with Gasteiger partial charge in [-0.05, 0) is 50.2 Å². The molecule has 0 fully saturated rings. The van der Waals surface area contributed by atoms with Crippen molar-refractivity contribution in [1.29, 1.82) is 0 Å². The van der Waals surface area contributed by atoms with Gasteiger partial charge in [-0.15, -0.1) is 0 Å². The highest BCUT2D eigenvalue weighted by molar-refractivity contribution is 5.97. The van der Waals surface area contributed by atoms with Crippen molar-refractivity contribution >= 4 is 16.9 Å². The van der Waals surface area contributed by atoms with Crippen molar-refractivity contribution in [3.05, 3.63) is 59.7 Å². The molecule has 27 heavy (non-hydrogen) atoms. The number of hydrogen-bond donors (Lipinski definition) is 2. The third-order valence-corrected chi connectivity index (χ3v) is 4.35. The van der Waals surface area contributed by atoms with E-state index in [1.54, 1.807) is 0 Å². The van der Waals surface area contributed by atoms with Crippen LogP contribution in [0.3, 0.4) is 0 Å². The maximum absolute atomic E-state index is 13.7. The first kappa shape index (κ1) is 18.8. The molecule has 0 aliphatic heterocycles. The summed E-state index contributed by atoms with van der Waals surface area (Å²) in [5.41, 5.74) is 7.44. The number of hydrogen-bond acceptors (Lipinski definition) is 4. The topological polar surface area (TPSA) is 82.2 Å². The minimum absolute atomic E-state index is 0.151. The summed E-state index contributed by atoms with van der Waals surface area (Å²) >= 11 is 0. The van der Waals surface area contributed by atoms with Crippen LogP contribution in [0.2, 0.25) is 0 Å². The SMILES string of the molecule is CC(NC(=O)c1cc(F)ccc1OCCCN)c1nc2ccccc2n1C. The average Bonchev–Trinajstić information content (AvgIpc) is 3.00. The lowest BCUT2D eigenvalue weighted by Crippen LogP contribution is -2.29. The molecule has 3 N–H and O–H groups in total. The Kier molecular flexibility index (Phi) is 5.71. The third kappa shape index (κ3) is 4.09. The molecule has 3 rings (SSSR count). The van der Waals surface area contributed by atoms with Gasteiger partial charge in [0.15, 0.2) is 0 Å². The maximum atomic E-state index is 13.7. The number of aryl methyl sites for hydroxylation is 1. The smallest absolute Gasteiger partial charge is 0.255 e. The Balaban J connectivity index is 1.81. The molecule has 0 saturated heterocycles. The molecule has 1 unspecified atom stereocenters. The largest absolute Gasteiger partial charge is 0.493 e. The summed E-state index contributed by atoms with van der Waals surface area (Å²) in [6, 6.07) is 11.3. The number of halogens is 1. The number of nitrogens with zero attached hydrogens (tertiary/aromatic N) is 2. The van der Waals surface area contributed by atoms with Crippen molar-refractivity contribution in [3.8, 4) is 5.75 Å². The lowest BCUT2D eigenvalue weighted by molar-refractivity contribution is 0.0933. The van der Waals surface area contributed by atoms with Gasteiger partial charge in [-0.3, -0.25) is 4.79 Å². The molecule has 0 spiro atoms. The van der Waals surface area contributed by atoms with Crippen molar-refractivity contribution in [2.45, 2.75) is 19.4 Å². The molecule has 1 atom stereocenters. The number of aromatic nitrogens is 2. The van der Waals surface area contributed by atoms with Crippen molar-refractivity contribution < 1.29 is 13.9 Å². The molecule has 7 heteroatoms. The quantitative estimate of drug-likeness (QED) is 0.627. The molecule has 1 heterocycles. The number of ether oxygens (including phenoxy) is 1. The standard InChI is InChI=1S/C20H23FN4O2/c1-13(19-24-16-6-3-4-7-17(16)25(19)2)23-20(26)15-12-14(21)8-9-18(15)27-11-5-10-22/h3-4,6-9,12-13H,5,10-11,22H2,1-2H3,(H,23,26). The summed E-state index contributed by atoms with van der Waals surface area (Å²) < 4.78 is 21.2. The fourth-order valence-corrected chi connectivity index (χ4v) is 2.96. The number of nitrogens with one attached hydrogen (secondary N) is 1. The van der Waals surface area contributed by atoms with E-state index in [2.05, 4.69) is 10.3 Å². The lowest BCUT2D eigenvalue weighted by atomic mass is 10.1. The van der Waals surface area contributed by atoms with Crippen LogP contribution in [-0.2, 0) is 7.05 Å². The zero-order valence-corrected chi connectivity index (χ0v) is 15.4. The first-order chi connectivity index (χ1) is 13.0. The van der Waals surface area contributed by atoms with Crippen LogP contribution >= 0.6 is 0 Å². The second-order valence-electron chi connectivity index (χ2n) is 6.34. The molecular formula is C20H23FN4O2. The Morgan fingerprint density at radius 2 is 2.11 bits per heavy atom. The van der Waals surface area contributed by atoms with Gasteiger partial charge in [-0.2, -0.15) is 0 Å². The van der Waals surface area contributed by atoms with Gasteiger partial charge >= 0.3 is 0 Å². The van der Waals surface area contributed by atoms with Gasteiger partial charge in [-0.25, -0.2) is 9.37 Å². The van der Waals surface area contributed by atoms with Crippen LogP contribution in [0, 0.1) is 5.82 Å².